The standard InChI is InChI=1S/C17H20N4/c18-13-14-12-17(20-16-7-3-2-6-15(14)16)19-8-11-21-9-4-1-5-10-21/h2-3,6-7,12H,1,4-5,8-11H2,(H,19,20). The lowest BCUT2D eigenvalue weighted by atomic mass is 10.1. The Morgan fingerprint density at radius 3 is 2.81 bits per heavy atom. The Labute approximate surface area is 125 Å². The molecule has 108 valence electrons. The van der Waals surface area contributed by atoms with E-state index in [1.807, 2.05) is 30.3 Å². The molecule has 1 aliphatic heterocycles. The highest BCUT2D eigenvalue weighted by molar-refractivity contribution is 5.86. The monoisotopic (exact) mass is 280 g/mol. The summed E-state index contributed by atoms with van der Waals surface area (Å²) in [5.74, 6) is 0.794. The van der Waals surface area contributed by atoms with E-state index in [-0.39, 0.29) is 0 Å². The molecular formula is C17H20N4. The summed E-state index contributed by atoms with van der Waals surface area (Å²) in [6.45, 7) is 4.32. The number of hydrogen-bond acceptors (Lipinski definition) is 4. The average Bonchev–Trinajstić information content (AvgIpc) is 2.55. The molecule has 1 N–H and O–H groups in total. The largest absolute Gasteiger partial charge is 0.369 e. The Bertz CT molecular complexity index is 653. The molecule has 0 amide bonds. The number of nitrogens with zero attached hydrogens (tertiary/aromatic N) is 3. The van der Waals surface area contributed by atoms with Crippen LogP contribution in [0.3, 0.4) is 0 Å². The third-order valence-electron chi connectivity index (χ3n) is 4.02. The van der Waals surface area contributed by atoms with Crippen molar-refractivity contribution in [2.24, 2.45) is 0 Å². The molecule has 1 saturated heterocycles. The molecule has 1 fully saturated rings. The molecule has 0 bridgehead atoms. The van der Waals surface area contributed by atoms with Crippen molar-refractivity contribution in [2.75, 3.05) is 31.5 Å². The summed E-state index contributed by atoms with van der Waals surface area (Å²) in [4.78, 5) is 7.07. The van der Waals surface area contributed by atoms with Crippen molar-refractivity contribution in [3.63, 3.8) is 0 Å². The second-order valence-electron chi connectivity index (χ2n) is 5.51. The Morgan fingerprint density at radius 2 is 2.00 bits per heavy atom. The van der Waals surface area contributed by atoms with Gasteiger partial charge >= 0.3 is 0 Å². The van der Waals surface area contributed by atoms with Crippen molar-refractivity contribution in [1.29, 1.82) is 5.26 Å². The fourth-order valence-corrected chi connectivity index (χ4v) is 2.88. The van der Waals surface area contributed by atoms with Crippen molar-refractivity contribution in [2.45, 2.75) is 19.3 Å². The van der Waals surface area contributed by atoms with Crippen LogP contribution in [-0.2, 0) is 0 Å². The SMILES string of the molecule is N#Cc1cc(NCCN2CCCCC2)nc2ccccc12. The van der Waals surface area contributed by atoms with E-state index < -0.39 is 0 Å². The predicted octanol–water partition coefficient (Wildman–Crippen LogP) is 3.00. The number of rotatable bonds is 4. The number of fused-ring (bicyclic) bond motifs is 1. The number of para-hydroxylation sites is 1. The Hall–Kier alpha value is -2.12. The van der Waals surface area contributed by atoms with Crippen LogP contribution in [0, 0.1) is 11.3 Å². The molecule has 1 aromatic heterocycles. The Balaban J connectivity index is 1.68. The second-order valence-corrected chi connectivity index (χ2v) is 5.51. The lowest BCUT2D eigenvalue weighted by molar-refractivity contribution is 0.237. The van der Waals surface area contributed by atoms with Crippen LogP contribution in [0.4, 0.5) is 5.82 Å². The van der Waals surface area contributed by atoms with Gasteiger partial charge in [-0.3, -0.25) is 0 Å². The van der Waals surface area contributed by atoms with Crippen LogP contribution in [0.15, 0.2) is 30.3 Å². The summed E-state index contributed by atoms with van der Waals surface area (Å²) in [5.41, 5.74) is 1.55. The summed E-state index contributed by atoms with van der Waals surface area (Å²) in [7, 11) is 0. The zero-order valence-corrected chi connectivity index (χ0v) is 12.2. The van der Waals surface area contributed by atoms with Crippen LogP contribution in [0.2, 0.25) is 0 Å². The number of aromatic nitrogens is 1. The van der Waals surface area contributed by atoms with Gasteiger partial charge in [0.15, 0.2) is 0 Å². The molecule has 0 unspecified atom stereocenters. The van der Waals surface area contributed by atoms with Crippen LogP contribution >= 0.6 is 0 Å². The van der Waals surface area contributed by atoms with Crippen LogP contribution in [0.1, 0.15) is 24.8 Å². The van der Waals surface area contributed by atoms with Crippen LogP contribution in [-0.4, -0.2) is 36.1 Å². The number of likely N-dealkylation sites (tertiary alicyclic amines) is 1. The maximum absolute atomic E-state index is 9.28. The van der Waals surface area contributed by atoms with Gasteiger partial charge in [0.25, 0.3) is 0 Å². The van der Waals surface area contributed by atoms with Crippen LogP contribution in [0.5, 0.6) is 0 Å². The van der Waals surface area contributed by atoms with Crippen molar-refractivity contribution in [3.05, 3.63) is 35.9 Å². The molecule has 4 nitrogen and oxygen atoms in total. The normalized spacial score (nSPS) is 15.8. The highest BCUT2D eigenvalue weighted by atomic mass is 15.1. The molecule has 2 aromatic rings. The number of nitriles is 1. The van der Waals surface area contributed by atoms with E-state index in [2.05, 4.69) is 21.3 Å². The second kappa shape index (κ2) is 6.55. The maximum atomic E-state index is 9.28. The van der Waals surface area contributed by atoms with Gasteiger partial charge in [-0.05, 0) is 38.1 Å². The van der Waals surface area contributed by atoms with Gasteiger partial charge in [0.1, 0.15) is 5.82 Å². The number of piperidine rings is 1. The highest BCUT2D eigenvalue weighted by Gasteiger charge is 2.09. The molecule has 0 atom stereocenters. The fourth-order valence-electron chi connectivity index (χ4n) is 2.88. The summed E-state index contributed by atoms with van der Waals surface area (Å²) in [6.07, 6.45) is 3.99. The van der Waals surface area contributed by atoms with E-state index in [0.29, 0.717) is 5.56 Å². The van der Waals surface area contributed by atoms with Gasteiger partial charge in [0, 0.05) is 18.5 Å². The molecule has 2 heterocycles. The zero-order chi connectivity index (χ0) is 14.5. The highest BCUT2D eigenvalue weighted by Crippen LogP contribution is 2.19. The number of benzene rings is 1. The summed E-state index contributed by atoms with van der Waals surface area (Å²) in [5, 5.41) is 13.5. The smallest absolute Gasteiger partial charge is 0.128 e. The van der Waals surface area contributed by atoms with E-state index >= 15 is 0 Å². The first-order chi connectivity index (χ1) is 10.4. The number of hydrogen-bond donors (Lipinski definition) is 1. The lowest BCUT2D eigenvalue weighted by Crippen LogP contribution is -2.33. The predicted molar refractivity (Wildman–Crippen MR) is 85.2 cm³/mol. The van der Waals surface area contributed by atoms with E-state index in [4.69, 9.17) is 0 Å². The van der Waals surface area contributed by atoms with Gasteiger partial charge in [0.05, 0.1) is 17.1 Å². The Morgan fingerprint density at radius 1 is 1.19 bits per heavy atom. The first kappa shape index (κ1) is 13.8. The lowest BCUT2D eigenvalue weighted by Gasteiger charge is -2.26. The topological polar surface area (TPSA) is 52.0 Å². The minimum atomic E-state index is 0.682. The molecule has 3 rings (SSSR count). The molecule has 1 aliphatic rings. The van der Waals surface area contributed by atoms with Gasteiger partial charge in [-0.25, -0.2) is 4.98 Å². The molecule has 0 aliphatic carbocycles. The molecule has 0 radical (unpaired) electrons. The van der Waals surface area contributed by atoms with Crippen LogP contribution < -0.4 is 5.32 Å². The zero-order valence-electron chi connectivity index (χ0n) is 12.2. The molecule has 4 heteroatoms. The van der Waals surface area contributed by atoms with Gasteiger partial charge in [-0.2, -0.15) is 5.26 Å². The molecule has 21 heavy (non-hydrogen) atoms. The summed E-state index contributed by atoms with van der Waals surface area (Å²) in [6, 6.07) is 11.9. The molecule has 0 saturated carbocycles. The molecular weight excluding hydrogens is 260 g/mol. The average molecular weight is 280 g/mol. The van der Waals surface area contributed by atoms with E-state index in [9.17, 15) is 5.26 Å². The molecule has 1 aromatic carbocycles. The quantitative estimate of drug-likeness (QED) is 0.935. The number of nitrogens with one attached hydrogen (secondary N) is 1. The maximum Gasteiger partial charge on any atom is 0.128 e. The minimum absolute atomic E-state index is 0.682. The van der Waals surface area contributed by atoms with Gasteiger partial charge in [-0.1, -0.05) is 24.6 Å². The number of pyridine rings is 1. The van der Waals surface area contributed by atoms with E-state index in [1.165, 1.54) is 32.4 Å². The summed E-state index contributed by atoms with van der Waals surface area (Å²) >= 11 is 0. The third-order valence-corrected chi connectivity index (χ3v) is 4.02. The van der Waals surface area contributed by atoms with E-state index in [1.54, 1.807) is 0 Å². The fraction of sp³-hybridized carbons (Fsp3) is 0.412. The Kier molecular flexibility index (Phi) is 4.32. The van der Waals surface area contributed by atoms with Crippen molar-refractivity contribution >= 4 is 16.7 Å². The van der Waals surface area contributed by atoms with Crippen molar-refractivity contribution in [1.82, 2.24) is 9.88 Å². The number of anilines is 1. The minimum Gasteiger partial charge on any atom is -0.369 e. The van der Waals surface area contributed by atoms with Crippen molar-refractivity contribution in [3.8, 4) is 6.07 Å². The van der Waals surface area contributed by atoms with Gasteiger partial charge in [-0.15, -0.1) is 0 Å². The van der Waals surface area contributed by atoms with Gasteiger partial charge < -0.3 is 10.2 Å². The third kappa shape index (κ3) is 3.32. The van der Waals surface area contributed by atoms with Gasteiger partial charge in [0.2, 0.25) is 0 Å². The van der Waals surface area contributed by atoms with E-state index in [0.717, 1.165) is 29.8 Å². The summed E-state index contributed by atoms with van der Waals surface area (Å²) < 4.78 is 0. The van der Waals surface area contributed by atoms with Crippen molar-refractivity contribution < 1.29 is 0 Å². The van der Waals surface area contributed by atoms with Crippen LogP contribution in [0.25, 0.3) is 10.9 Å². The molecule has 0 spiro atoms. The first-order valence-corrected chi connectivity index (χ1v) is 7.63. The first-order valence-electron chi connectivity index (χ1n) is 7.63.